The van der Waals surface area contributed by atoms with Crippen LogP contribution in [0.2, 0.25) is 0 Å². The van der Waals surface area contributed by atoms with Crippen LogP contribution >= 0.6 is 12.2 Å². The lowest BCUT2D eigenvalue weighted by molar-refractivity contribution is 0.355. The van der Waals surface area contributed by atoms with Crippen LogP contribution in [-0.2, 0) is 6.54 Å². The van der Waals surface area contributed by atoms with E-state index in [4.69, 9.17) is 22.2 Å². The second-order valence-corrected chi connectivity index (χ2v) is 10.6. The van der Waals surface area contributed by atoms with Crippen molar-refractivity contribution >= 4 is 40.6 Å². The van der Waals surface area contributed by atoms with Gasteiger partial charge in [-0.15, -0.1) is 0 Å². The van der Waals surface area contributed by atoms with E-state index in [1.165, 1.54) is 12.1 Å². The Balaban J connectivity index is 1.32. The molecule has 0 amide bonds. The normalized spacial score (nSPS) is 20.0. The van der Waals surface area contributed by atoms with E-state index < -0.39 is 0 Å². The number of benzene rings is 1. The van der Waals surface area contributed by atoms with Crippen molar-refractivity contribution in [1.82, 2.24) is 20.3 Å². The van der Waals surface area contributed by atoms with Crippen LogP contribution in [0.5, 0.6) is 0 Å². The molecule has 37 heavy (non-hydrogen) atoms. The minimum absolute atomic E-state index is 0.501. The summed E-state index contributed by atoms with van der Waals surface area (Å²) in [6.07, 6.45) is 4.85. The monoisotopic (exact) mass is 516 g/mol. The number of hydrogen-bond acceptors (Lipinski definition) is 7. The zero-order valence-electron chi connectivity index (χ0n) is 21.7. The minimum Gasteiger partial charge on any atom is -0.368 e. The van der Waals surface area contributed by atoms with Gasteiger partial charge in [0.05, 0.1) is 0 Å². The summed E-state index contributed by atoms with van der Waals surface area (Å²) in [6, 6.07) is 16.7. The number of anilines is 4. The Kier molecular flexibility index (Phi) is 7.99. The first-order valence-electron chi connectivity index (χ1n) is 13.2. The van der Waals surface area contributed by atoms with Crippen molar-refractivity contribution in [3.05, 3.63) is 66.5 Å². The summed E-state index contributed by atoms with van der Waals surface area (Å²) >= 11 is 5.59. The van der Waals surface area contributed by atoms with Crippen molar-refractivity contribution in [2.45, 2.75) is 26.8 Å². The summed E-state index contributed by atoms with van der Waals surface area (Å²) in [5.74, 6) is 3.71. The molecule has 0 saturated carbocycles. The lowest BCUT2D eigenvalue weighted by atomic mass is 9.92. The Morgan fingerprint density at radius 1 is 0.892 bits per heavy atom. The summed E-state index contributed by atoms with van der Waals surface area (Å²) < 4.78 is 0. The number of aromatic nitrogens is 3. The smallest absolute Gasteiger partial charge is 0.232 e. The van der Waals surface area contributed by atoms with Crippen LogP contribution in [0.1, 0.15) is 25.8 Å². The topological polar surface area (TPSA) is 72.5 Å². The number of piperazine rings is 1. The lowest BCUT2D eigenvalue weighted by Gasteiger charge is -2.38. The van der Waals surface area contributed by atoms with Crippen LogP contribution in [-0.4, -0.2) is 59.3 Å². The molecule has 2 atom stereocenters. The predicted octanol–water partition coefficient (Wildman–Crippen LogP) is 4.17. The number of hydrogen-bond donors (Lipinski definition) is 2. The van der Waals surface area contributed by atoms with Crippen molar-refractivity contribution < 1.29 is 0 Å². The molecule has 3 aromatic rings. The van der Waals surface area contributed by atoms with Crippen LogP contribution in [0.4, 0.5) is 23.3 Å². The second-order valence-electron chi connectivity index (χ2n) is 10.2. The molecule has 5 rings (SSSR count). The molecular weight excluding hydrogens is 480 g/mol. The van der Waals surface area contributed by atoms with E-state index in [-0.39, 0.29) is 0 Å². The largest absolute Gasteiger partial charge is 0.368 e. The fourth-order valence-electron chi connectivity index (χ4n) is 5.32. The number of nitrogens with zero attached hydrogens (tertiary/aromatic N) is 6. The maximum absolute atomic E-state index is 5.59. The number of thiocarbonyl (C=S) groups is 1. The summed E-state index contributed by atoms with van der Waals surface area (Å²) in [6.45, 7) is 11.0. The Morgan fingerprint density at radius 3 is 2.24 bits per heavy atom. The van der Waals surface area contributed by atoms with Gasteiger partial charge in [-0.05, 0) is 54.2 Å². The van der Waals surface area contributed by atoms with E-state index in [0.717, 1.165) is 56.5 Å². The predicted molar refractivity (Wildman–Crippen MR) is 155 cm³/mol. The lowest BCUT2D eigenvalue weighted by Crippen LogP contribution is -2.47. The number of nitrogens with one attached hydrogen (secondary N) is 2. The highest BCUT2D eigenvalue weighted by atomic mass is 32.1. The highest BCUT2D eigenvalue weighted by Gasteiger charge is 2.25. The number of para-hydroxylation sites is 1. The molecule has 8 nitrogen and oxygen atoms in total. The molecular formula is C28H36N8S. The molecule has 0 bridgehead atoms. The first-order valence-corrected chi connectivity index (χ1v) is 13.6. The quantitative estimate of drug-likeness (QED) is 0.470. The van der Waals surface area contributed by atoms with E-state index in [1.807, 2.05) is 18.3 Å². The second kappa shape index (κ2) is 11.7. The van der Waals surface area contributed by atoms with E-state index in [0.29, 0.717) is 29.4 Å². The van der Waals surface area contributed by atoms with Gasteiger partial charge in [-0.3, -0.25) is 4.98 Å². The summed E-state index contributed by atoms with van der Waals surface area (Å²) in [7, 11) is 0. The molecule has 2 aromatic heterocycles. The fraction of sp³-hybridized carbons (Fsp3) is 0.429. The molecule has 0 spiro atoms. The van der Waals surface area contributed by atoms with Gasteiger partial charge in [0.15, 0.2) is 5.11 Å². The van der Waals surface area contributed by atoms with Crippen molar-refractivity contribution in [2.24, 2.45) is 11.8 Å². The van der Waals surface area contributed by atoms with Crippen molar-refractivity contribution in [3.63, 3.8) is 0 Å². The summed E-state index contributed by atoms with van der Waals surface area (Å²) in [4.78, 5) is 21.2. The minimum atomic E-state index is 0.501. The molecule has 2 saturated heterocycles. The van der Waals surface area contributed by atoms with E-state index in [1.54, 1.807) is 6.20 Å². The van der Waals surface area contributed by atoms with Gasteiger partial charge >= 0.3 is 0 Å². The Labute approximate surface area is 225 Å². The Morgan fingerprint density at radius 2 is 1.57 bits per heavy atom. The molecule has 2 aliphatic rings. The van der Waals surface area contributed by atoms with E-state index in [2.05, 4.69) is 80.6 Å². The number of piperidine rings is 1. The third-order valence-corrected chi connectivity index (χ3v) is 7.26. The van der Waals surface area contributed by atoms with Gasteiger partial charge in [0.2, 0.25) is 5.95 Å². The van der Waals surface area contributed by atoms with Crippen LogP contribution < -0.4 is 25.3 Å². The van der Waals surface area contributed by atoms with Gasteiger partial charge in [0, 0.05) is 70.0 Å². The highest BCUT2D eigenvalue weighted by Crippen LogP contribution is 2.29. The van der Waals surface area contributed by atoms with Gasteiger partial charge < -0.3 is 25.3 Å². The first-order chi connectivity index (χ1) is 18.0. The van der Waals surface area contributed by atoms with Crippen LogP contribution in [0.25, 0.3) is 0 Å². The third kappa shape index (κ3) is 6.65. The molecule has 1 aromatic carbocycles. The van der Waals surface area contributed by atoms with Crippen LogP contribution in [0.3, 0.4) is 0 Å². The maximum atomic E-state index is 5.59. The molecule has 0 radical (unpaired) electrons. The zero-order chi connectivity index (χ0) is 25.6. The van der Waals surface area contributed by atoms with Crippen molar-refractivity contribution in [3.8, 4) is 0 Å². The SMILES string of the molecule is C[C@H]1C[C@H](C)CN(c2cc(N3CCN(c4ccccc4)CC3)nc(NC(=S)NCc3cccnc3)n2)C1. The van der Waals surface area contributed by atoms with Crippen molar-refractivity contribution in [2.75, 3.05) is 59.3 Å². The molecule has 2 N–H and O–H groups in total. The van der Waals surface area contributed by atoms with Gasteiger partial charge in [-0.25, -0.2) is 0 Å². The molecule has 2 aliphatic heterocycles. The fourth-order valence-corrected chi connectivity index (χ4v) is 5.48. The third-order valence-electron chi connectivity index (χ3n) is 7.02. The van der Waals surface area contributed by atoms with Gasteiger partial charge in [0.1, 0.15) is 11.6 Å². The van der Waals surface area contributed by atoms with Gasteiger partial charge in [-0.1, -0.05) is 38.1 Å². The summed E-state index contributed by atoms with van der Waals surface area (Å²) in [5.41, 5.74) is 2.34. The number of pyridine rings is 1. The van der Waals surface area contributed by atoms with E-state index >= 15 is 0 Å². The molecule has 0 unspecified atom stereocenters. The van der Waals surface area contributed by atoms with E-state index in [9.17, 15) is 0 Å². The Bertz CT molecular complexity index is 1160. The van der Waals surface area contributed by atoms with Crippen LogP contribution in [0.15, 0.2) is 60.9 Å². The molecule has 0 aliphatic carbocycles. The molecule has 9 heteroatoms. The van der Waals surface area contributed by atoms with Crippen molar-refractivity contribution in [1.29, 1.82) is 0 Å². The molecule has 194 valence electrons. The van der Waals surface area contributed by atoms with Crippen LogP contribution in [0, 0.1) is 11.8 Å². The average molecular weight is 517 g/mol. The summed E-state index contributed by atoms with van der Waals surface area (Å²) in [5, 5.41) is 6.99. The molecule has 4 heterocycles. The Hall–Kier alpha value is -3.46. The zero-order valence-corrected chi connectivity index (χ0v) is 22.5. The van der Waals surface area contributed by atoms with Gasteiger partial charge in [-0.2, -0.15) is 9.97 Å². The van der Waals surface area contributed by atoms with Gasteiger partial charge in [0.25, 0.3) is 0 Å². The average Bonchev–Trinajstić information content (AvgIpc) is 2.92. The maximum Gasteiger partial charge on any atom is 0.232 e. The number of rotatable bonds is 6. The molecule has 2 fully saturated rings. The highest BCUT2D eigenvalue weighted by molar-refractivity contribution is 7.80. The first kappa shape index (κ1) is 25.2. The standard InChI is InChI=1S/C28H36N8S/c1-21-15-22(2)20-36(19-21)26-16-25(35-13-11-34(12-14-35)24-8-4-3-5-9-24)31-27(32-26)33-28(37)30-18-23-7-6-10-29-17-23/h3-10,16-17,21-22H,11-15,18-20H2,1-2H3,(H2,30,31,32,33,37)/t21-,22-/m0/s1.